The zero-order valence-corrected chi connectivity index (χ0v) is 12.2. The SMILES string of the molecule is CC(N)CCNC(=O)C1CCCc2ccccc21.Cl. The third kappa shape index (κ3) is 4.22. The number of carbonyl (C=O) groups excluding carboxylic acids is 1. The first-order chi connectivity index (χ1) is 8.68. The third-order valence-electron chi connectivity index (χ3n) is 3.58. The molecule has 2 atom stereocenters. The molecule has 19 heavy (non-hydrogen) atoms. The van der Waals surface area contributed by atoms with Crippen molar-refractivity contribution in [1.29, 1.82) is 0 Å². The lowest BCUT2D eigenvalue weighted by molar-refractivity contribution is -0.122. The third-order valence-corrected chi connectivity index (χ3v) is 3.58. The van der Waals surface area contributed by atoms with Crippen LogP contribution in [0.3, 0.4) is 0 Å². The molecule has 0 bridgehead atoms. The van der Waals surface area contributed by atoms with Crippen LogP contribution in [-0.4, -0.2) is 18.5 Å². The second-order valence-electron chi connectivity index (χ2n) is 5.20. The van der Waals surface area contributed by atoms with Crippen LogP contribution in [0.25, 0.3) is 0 Å². The van der Waals surface area contributed by atoms with Crippen molar-refractivity contribution in [2.24, 2.45) is 5.73 Å². The van der Waals surface area contributed by atoms with Crippen molar-refractivity contribution in [2.45, 2.75) is 44.6 Å². The second kappa shape index (κ2) is 7.51. The minimum absolute atomic E-state index is 0. The van der Waals surface area contributed by atoms with E-state index < -0.39 is 0 Å². The zero-order valence-electron chi connectivity index (χ0n) is 11.4. The van der Waals surface area contributed by atoms with Gasteiger partial charge in [-0.25, -0.2) is 0 Å². The van der Waals surface area contributed by atoms with Crippen LogP contribution in [-0.2, 0) is 11.2 Å². The van der Waals surface area contributed by atoms with Crippen molar-refractivity contribution >= 4 is 18.3 Å². The maximum Gasteiger partial charge on any atom is 0.227 e. The Hall–Kier alpha value is -1.06. The zero-order chi connectivity index (χ0) is 13.0. The Morgan fingerprint density at radius 1 is 1.47 bits per heavy atom. The summed E-state index contributed by atoms with van der Waals surface area (Å²) < 4.78 is 0. The summed E-state index contributed by atoms with van der Waals surface area (Å²) in [6.45, 7) is 2.64. The van der Waals surface area contributed by atoms with Crippen LogP contribution in [0.4, 0.5) is 0 Å². The van der Waals surface area contributed by atoms with E-state index in [9.17, 15) is 4.79 Å². The molecule has 3 N–H and O–H groups in total. The monoisotopic (exact) mass is 282 g/mol. The van der Waals surface area contributed by atoms with Crippen molar-refractivity contribution in [3.8, 4) is 0 Å². The van der Waals surface area contributed by atoms with Crippen molar-refractivity contribution in [3.05, 3.63) is 35.4 Å². The van der Waals surface area contributed by atoms with E-state index in [-0.39, 0.29) is 30.3 Å². The van der Waals surface area contributed by atoms with Crippen LogP contribution in [0.15, 0.2) is 24.3 Å². The minimum Gasteiger partial charge on any atom is -0.356 e. The van der Waals surface area contributed by atoms with Gasteiger partial charge in [0, 0.05) is 12.6 Å². The smallest absolute Gasteiger partial charge is 0.227 e. The lowest BCUT2D eigenvalue weighted by atomic mass is 9.82. The minimum atomic E-state index is 0. The fraction of sp³-hybridized carbons (Fsp3) is 0.533. The Balaban J connectivity index is 0.00000180. The fourth-order valence-corrected chi connectivity index (χ4v) is 2.57. The highest BCUT2D eigenvalue weighted by atomic mass is 35.5. The molecule has 1 aromatic rings. The van der Waals surface area contributed by atoms with E-state index in [0.29, 0.717) is 6.54 Å². The number of nitrogens with one attached hydrogen (secondary N) is 1. The Labute approximate surface area is 121 Å². The van der Waals surface area contributed by atoms with Crippen LogP contribution in [0.5, 0.6) is 0 Å². The summed E-state index contributed by atoms with van der Waals surface area (Å²) >= 11 is 0. The molecule has 1 aromatic carbocycles. The molecule has 1 aliphatic rings. The lowest BCUT2D eigenvalue weighted by Gasteiger charge is -2.24. The highest BCUT2D eigenvalue weighted by molar-refractivity contribution is 5.85. The van der Waals surface area contributed by atoms with Gasteiger partial charge in [-0.15, -0.1) is 12.4 Å². The fourth-order valence-electron chi connectivity index (χ4n) is 2.57. The average molecular weight is 283 g/mol. The molecule has 0 heterocycles. The number of hydrogen-bond donors (Lipinski definition) is 2. The Kier molecular flexibility index (Phi) is 6.32. The Morgan fingerprint density at radius 3 is 2.95 bits per heavy atom. The van der Waals surface area contributed by atoms with E-state index in [1.807, 2.05) is 13.0 Å². The van der Waals surface area contributed by atoms with E-state index in [1.165, 1.54) is 11.1 Å². The molecular weight excluding hydrogens is 260 g/mol. The number of nitrogens with two attached hydrogens (primary N) is 1. The molecule has 1 aliphatic carbocycles. The highest BCUT2D eigenvalue weighted by Crippen LogP contribution is 2.31. The molecule has 0 aromatic heterocycles. The molecule has 106 valence electrons. The summed E-state index contributed by atoms with van der Waals surface area (Å²) in [6, 6.07) is 8.44. The number of halogens is 1. The van der Waals surface area contributed by atoms with Gasteiger partial charge in [0.25, 0.3) is 0 Å². The predicted molar refractivity (Wildman–Crippen MR) is 80.6 cm³/mol. The largest absolute Gasteiger partial charge is 0.356 e. The van der Waals surface area contributed by atoms with Crippen molar-refractivity contribution in [2.75, 3.05) is 6.54 Å². The summed E-state index contributed by atoms with van der Waals surface area (Å²) in [4.78, 5) is 12.2. The number of aryl methyl sites for hydroxylation is 1. The first-order valence-electron chi connectivity index (χ1n) is 6.79. The summed E-state index contributed by atoms with van der Waals surface area (Å²) in [7, 11) is 0. The van der Waals surface area contributed by atoms with Crippen molar-refractivity contribution in [1.82, 2.24) is 5.32 Å². The van der Waals surface area contributed by atoms with Crippen LogP contribution >= 0.6 is 12.4 Å². The van der Waals surface area contributed by atoms with Gasteiger partial charge in [-0.05, 0) is 43.7 Å². The Bertz CT molecular complexity index is 420. The molecule has 3 nitrogen and oxygen atoms in total. The summed E-state index contributed by atoms with van der Waals surface area (Å²) in [5.74, 6) is 0.186. The summed E-state index contributed by atoms with van der Waals surface area (Å²) in [6.07, 6.45) is 3.99. The van der Waals surface area contributed by atoms with Gasteiger partial charge in [0.2, 0.25) is 5.91 Å². The molecule has 0 aliphatic heterocycles. The Morgan fingerprint density at radius 2 is 2.21 bits per heavy atom. The lowest BCUT2D eigenvalue weighted by Crippen LogP contribution is -2.34. The number of hydrogen-bond acceptors (Lipinski definition) is 2. The van der Waals surface area contributed by atoms with Gasteiger partial charge in [-0.1, -0.05) is 24.3 Å². The molecular formula is C15H23ClN2O. The van der Waals surface area contributed by atoms with E-state index in [0.717, 1.165) is 25.7 Å². The number of benzene rings is 1. The van der Waals surface area contributed by atoms with Crippen LogP contribution < -0.4 is 11.1 Å². The van der Waals surface area contributed by atoms with Gasteiger partial charge in [-0.3, -0.25) is 4.79 Å². The molecule has 0 fully saturated rings. The molecule has 2 unspecified atom stereocenters. The maximum absolute atomic E-state index is 12.2. The van der Waals surface area contributed by atoms with E-state index >= 15 is 0 Å². The molecule has 1 amide bonds. The summed E-state index contributed by atoms with van der Waals surface area (Å²) in [5, 5.41) is 3.01. The van der Waals surface area contributed by atoms with Gasteiger partial charge >= 0.3 is 0 Å². The van der Waals surface area contributed by atoms with Crippen molar-refractivity contribution < 1.29 is 4.79 Å². The second-order valence-corrected chi connectivity index (χ2v) is 5.20. The van der Waals surface area contributed by atoms with Gasteiger partial charge in [0.1, 0.15) is 0 Å². The topological polar surface area (TPSA) is 55.1 Å². The number of carbonyl (C=O) groups is 1. The van der Waals surface area contributed by atoms with E-state index in [2.05, 4.69) is 23.5 Å². The molecule has 4 heteroatoms. The van der Waals surface area contributed by atoms with Gasteiger partial charge in [0.05, 0.1) is 5.92 Å². The van der Waals surface area contributed by atoms with Crippen LogP contribution in [0, 0.1) is 0 Å². The van der Waals surface area contributed by atoms with Gasteiger partial charge < -0.3 is 11.1 Å². The van der Waals surface area contributed by atoms with E-state index in [1.54, 1.807) is 0 Å². The average Bonchev–Trinajstić information content (AvgIpc) is 2.37. The molecule has 0 saturated carbocycles. The highest BCUT2D eigenvalue weighted by Gasteiger charge is 2.25. The molecule has 0 radical (unpaired) electrons. The van der Waals surface area contributed by atoms with Crippen LogP contribution in [0.2, 0.25) is 0 Å². The number of rotatable bonds is 4. The van der Waals surface area contributed by atoms with Gasteiger partial charge in [-0.2, -0.15) is 0 Å². The van der Waals surface area contributed by atoms with E-state index in [4.69, 9.17) is 5.73 Å². The normalized spacial score (nSPS) is 18.9. The molecule has 2 rings (SSSR count). The van der Waals surface area contributed by atoms with Crippen LogP contribution in [0.1, 0.15) is 43.2 Å². The maximum atomic E-state index is 12.2. The quantitative estimate of drug-likeness (QED) is 0.891. The number of fused-ring (bicyclic) bond motifs is 1. The first kappa shape index (κ1) is 16.0. The standard InChI is InChI=1S/C15H22N2O.ClH/c1-11(16)9-10-17-15(18)14-8-4-6-12-5-2-3-7-13(12)14;/h2-3,5,7,11,14H,4,6,8-10,16H2,1H3,(H,17,18);1H. The predicted octanol–water partition coefficient (Wildman–Crippen LogP) is 2.38. The van der Waals surface area contributed by atoms with Gasteiger partial charge in [0.15, 0.2) is 0 Å². The first-order valence-corrected chi connectivity index (χ1v) is 6.79. The summed E-state index contributed by atoms with van der Waals surface area (Å²) in [5.41, 5.74) is 8.22. The molecule has 0 spiro atoms. The molecule has 0 saturated heterocycles. The number of amides is 1. The van der Waals surface area contributed by atoms with Crippen molar-refractivity contribution in [3.63, 3.8) is 0 Å².